The predicted molar refractivity (Wildman–Crippen MR) is 121 cm³/mol. The number of rotatable bonds is 9. The summed E-state index contributed by atoms with van der Waals surface area (Å²) in [7, 11) is 1.55. The quantitative estimate of drug-likeness (QED) is 0.529. The Kier molecular flexibility index (Phi) is 6.99. The second-order valence-corrected chi connectivity index (χ2v) is 8.08. The van der Waals surface area contributed by atoms with Crippen molar-refractivity contribution in [3.63, 3.8) is 0 Å². The Balaban J connectivity index is 1.39. The average Bonchev–Trinajstić information content (AvgIpc) is 3.14. The fraction of sp³-hybridized carbons (Fsp3) is 0.417. The molecule has 0 fully saturated rings. The van der Waals surface area contributed by atoms with Gasteiger partial charge >= 0.3 is 5.97 Å². The molecule has 0 unspecified atom stereocenters. The van der Waals surface area contributed by atoms with Crippen LogP contribution in [-0.4, -0.2) is 44.5 Å². The number of carbonyl (C=O) groups is 1. The normalized spacial score (nSPS) is 14.2. The largest absolute Gasteiger partial charge is 0.481 e. The van der Waals surface area contributed by atoms with Gasteiger partial charge in [-0.2, -0.15) is 5.10 Å². The monoisotopic (exact) mass is 435 g/mol. The van der Waals surface area contributed by atoms with Gasteiger partial charge in [0.1, 0.15) is 5.82 Å². The van der Waals surface area contributed by atoms with Crippen LogP contribution in [0.1, 0.15) is 54.2 Å². The van der Waals surface area contributed by atoms with Crippen LogP contribution in [0.5, 0.6) is 5.88 Å². The number of aryl methyl sites for hydroxylation is 3. The molecule has 1 aliphatic heterocycles. The second-order valence-electron chi connectivity index (χ2n) is 8.08. The van der Waals surface area contributed by atoms with Gasteiger partial charge in [-0.3, -0.25) is 9.48 Å². The first kappa shape index (κ1) is 21.8. The number of nitrogens with zero attached hydrogens (tertiary/aromatic N) is 4. The topological polar surface area (TPSA) is 102 Å². The maximum atomic E-state index is 11.4. The van der Waals surface area contributed by atoms with Crippen LogP contribution in [0, 0.1) is 0 Å². The summed E-state index contributed by atoms with van der Waals surface area (Å²) < 4.78 is 6.82. The van der Waals surface area contributed by atoms with Crippen molar-refractivity contribution in [1.82, 2.24) is 19.7 Å². The number of aliphatic carboxylic acids is 1. The van der Waals surface area contributed by atoms with Crippen LogP contribution in [0.15, 0.2) is 42.7 Å². The lowest BCUT2D eigenvalue weighted by Crippen LogP contribution is -2.16. The number of ether oxygens (including phenoxy) is 1. The fourth-order valence-corrected chi connectivity index (χ4v) is 4.04. The Labute approximate surface area is 187 Å². The van der Waals surface area contributed by atoms with Gasteiger partial charge < -0.3 is 15.2 Å². The molecule has 0 spiro atoms. The van der Waals surface area contributed by atoms with E-state index in [0.717, 1.165) is 55.0 Å². The number of carboxylic acids is 1. The second kappa shape index (κ2) is 10.3. The zero-order valence-electron chi connectivity index (χ0n) is 18.3. The number of anilines is 1. The molecule has 0 aliphatic carbocycles. The Morgan fingerprint density at radius 2 is 2.06 bits per heavy atom. The van der Waals surface area contributed by atoms with E-state index in [0.29, 0.717) is 5.88 Å². The standard InChI is InChI=1S/C24H29N5O3/c1-32-22-11-9-18(16-26-22)21(15-23(30)31)29-14-12-20(28-29)7-4-6-19-10-8-17-5-2-3-13-25-24(17)27-19/h8-12,14,16,21H,2-7,13,15H2,1H3,(H,25,27)(H,30,31)/t21-/m0/s1. The number of carboxylic acid groups (broad SMARTS) is 1. The van der Waals surface area contributed by atoms with Gasteiger partial charge in [0.2, 0.25) is 5.88 Å². The number of hydrogen-bond acceptors (Lipinski definition) is 6. The first-order valence-electron chi connectivity index (χ1n) is 11.1. The molecule has 0 amide bonds. The maximum Gasteiger partial charge on any atom is 0.305 e. The van der Waals surface area contributed by atoms with Gasteiger partial charge in [0.25, 0.3) is 0 Å². The minimum absolute atomic E-state index is 0.0683. The molecule has 0 saturated heterocycles. The van der Waals surface area contributed by atoms with Crippen LogP contribution in [0.25, 0.3) is 0 Å². The summed E-state index contributed by atoms with van der Waals surface area (Å²) in [4.78, 5) is 20.5. The zero-order valence-corrected chi connectivity index (χ0v) is 18.3. The number of nitrogens with one attached hydrogen (secondary N) is 1. The van der Waals surface area contributed by atoms with E-state index in [4.69, 9.17) is 9.72 Å². The first-order chi connectivity index (χ1) is 15.6. The van der Waals surface area contributed by atoms with E-state index in [2.05, 4.69) is 27.5 Å². The third kappa shape index (κ3) is 5.43. The van der Waals surface area contributed by atoms with Crippen LogP contribution in [0.3, 0.4) is 0 Å². The lowest BCUT2D eigenvalue weighted by atomic mass is 10.1. The number of fused-ring (bicyclic) bond motifs is 1. The molecule has 8 heteroatoms. The SMILES string of the molecule is COc1ccc([C@H](CC(=O)O)n2ccc(CCCc3ccc4c(n3)NCCCC4)n2)cn1. The molecule has 0 radical (unpaired) electrons. The summed E-state index contributed by atoms with van der Waals surface area (Å²) in [5, 5.41) is 17.5. The molecule has 3 aromatic heterocycles. The predicted octanol–water partition coefficient (Wildman–Crippen LogP) is 3.67. The average molecular weight is 436 g/mol. The molecular weight excluding hydrogens is 406 g/mol. The summed E-state index contributed by atoms with van der Waals surface area (Å²) in [6.45, 7) is 0.988. The number of aromatic nitrogens is 4. The van der Waals surface area contributed by atoms with Crippen molar-refractivity contribution in [1.29, 1.82) is 0 Å². The summed E-state index contributed by atoms with van der Waals surface area (Å²) in [6.07, 6.45) is 9.51. The molecule has 8 nitrogen and oxygen atoms in total. The Morgan fingerprint density at radius 3 is 2.84 bits per heavy atom. The molecule has 0 saturated carbocycles. The van der Waals surface area contributed by atoms with E-state index in [1.54, 1.807) is 24.1 Å². The first-order valence-corrected chi connectivity index (χ1v) is 11.1. The molecule has 0 aromatic carbocycles. The lowest BCUT2D eigenvalue weighted by molar-refractivity contribution is -0.137. The summed E-state index contributed by atoms with van der Waals surface area (Å²) in [5.41, 5.74) is 4.12. The van der Waals surface area contributed by atoms with E-state index in [1.165, 1.54) is 18.4 Å². The van der Waals surface area contributed by atoms with Gasteiger partial charge in [-0.25, -0.2) is 9.97 Å². The van der Waals surface area contributed by atoms with Gasteiger partial charge in [0, 0.05) is 30.7 Å². The third-order valence-electron chi connectivity index (χ3n) is 5.77. The highest BCUT2D eigenvalue weighted by Gasteiger charge is 2.19. The Morgan fingerprint density at radius 1 is 1.19 bits per heavy atom. The van der Waals surface area contributed by atoms with Crippen LogP contribution in [-0.2, 0) is 24.1 Å². The van der Waals surface area contributed by atoms with Crippen molar-refractivity contribution in [2.75, 3.05) is 19.0 Å². The van der Waals surface area contributed by atoms with E-state index >= 15 is 0 Å². The van der Waals surface area contributed by atoms with E-state index in [1.807, 2.05) is 18.3 Å². The molecule has 1 aliphatic rings. The van der Waals surface area contributed by atoms with Crippen molar-refractivity contribution in [3.05, 3.63) is 65.2 Å². The maximum absolute atomic E-state index is 11.4. The van der Waals surface area contributed by atoms with Crippen molar-refractivity contribution in [2.24, 2.45) is 0 Å². The minimum Gasteiger partial charge on any atom is -0.481 e. The van der Waals surface area contributed by atoms with Crippen LogP contribution in [0.4, 0.5) is 5.82 Å². The molecule has 0 bridgehead atoms. The third-order valence-corrected chi connectivity index (χ3v) is 5.77. The lowest BCUT2D eigenvalue weighted by Gasteiger charge is -2.16. The Bertz CT molecular complexity index is 1050. The van der Waals surface area contributed by atoms with Crippen molar-refractivity contribution in [3.8, 4) is 5.88 Å². The molecule has 32 heavy (non-hydrogen) atoms. The van der Waals surface area contributed by atoms with Crippen LogP contribution in [0.2, 0.25) is 0 Å². The number of methoxy groups -OCH3 is 1. The van der Waals surface area contributed by atoms with E-state index < -0.39 is 12.0 Å². The van der Waals surface area contributed by atoms with Gasteiger partial charge in [-0.1, -0.05) is 6.07 Å². The summed E-state index contributed by atoms with van der Waals surface area (Å²) in [6, 6.07) is 9.43. The van der Waals surface area contributed by atoms with Crippen molar-refractivity contribution >= 4 is 11.8 Å². The highest BCUT2D eigenvalue weighted by atomic mass is 16.5. The molecule has 4 heterocycles. The smallest absolute Gasteiger partial charge is 0.305 e. The van der Waals surface area contributed by atoms with E-state index in [-0.39, 0.29) is 6.42 Å². The molecule has 1 atom stereocenters. The highest BCUT2D eigenvalue weighted by molar-refractivity contribution is 5.68. The van der Waals surface area contributed by atoms with Gasteiger partial charge in [-0.15, -0.1) is 0 Å². The van der Waals surface area contributed by atoms with Crippen molar-refractivity contribution < 1.29 is 14.6 Å². The van der Waals surface area contributed by atoms with Gasteiger partial charge in [0.15, 0.2) is 0 Å². The molecule has 2 N–H and O–H groups in total. The summed E-state index contributed by atoms with van der Waals surface area (Å²) in [5.74, 6) is 0.644. The van der Waals surface area contributed by atoms with Gasteiger partial charge in [-0.05, 0) is 67.9 Å². The Hall–Kier alpha value is -3.42. The molecular formula is C24H29N5O3. The number of hydrogen-bond donors (Lipinski definition) is 2. The number of pyridine rings is 2. The minimum atomic E-state index is -0.884. The van der Waals surface area contributed by atoms with Crippen LogP contribution >= 0.6 is 0 Å². The molecule has 168 valence electrons. The van der Waals surface area contributed by atoms with Crippen molar-refractivity contribution in [2.45, 2.75) is 51.0 Å². The van der Waals surface area contributed by atoms with Crippen LogP contribution < -0.4 is 10.1 Å². The van der Waals surface area contributed by atoms with E-state index in [9.17, 15) is 9.90 Å². The molecule has 4 rings (SSSR count). The zero-order chi connectivity index (χ0) is 22.3. The highest BCUT2D eigenvalue weighted by Crippen LogP contribution is 2.23. The molecule has 3 aromatic rings. The fourth-order valence-electron chi connectivity index (χ4n) is 4.04. The summed E-state index contributed by atoms with van der Waals surface area (Å²) >= 11 is 0. The van der Waals surface area contributed by atoms with Gasteiger partial charge in [0.05, 0.1) is 25.3 Å².